The number of hydrogen-bond donors (Lipinski definition) is 3. The van der Waals surface area contributed by atoms with Crippen LogP contribution in [0.1, 0.15) is 43.9 Å². The molecule has 0 aliphatic carbocycles. The second-order valence-electron chi connectivity index (χ2n) is 10.7. The molecule has 4 N–H and O–H groups in total. The molecule has 0 amide bonds. The smallest absolute Gasteiger partial charge is 0.392 e. The molecule has 1 aliphatic heterocycles. The number of rotatable bonds is 8. The van der Waals surface area contributed by atoms with Crippen LogP contribution < -0.4 is 15.8 Å². The molecule has 6 nitrogen and oxygen atoms in total. The van der Waals surface area contributed by atoms with Crippen molar-refractivity contribution in [1.82, 2.24) is 5.32 Å². The highest BCUT2D eigenvalue weighted by molar-refractivity contribution is 7.91. The van der Waals surface area contributed by atoms with E-state index < -0.39 is 58.6 Å². The van der Waals surface area contributed by atoms with Crippen molar-refractivity contribution in [2.75, 3.05) is 23.8 Å². The highest BCUT2D eigenvalue weighted by Gasteiger charge is 2.39. The van der Waals surface area contributed by atoms with Gasteiger partial charge in [0.1, 0.15) is 17.3 Å². The minimum Gasteiger partial charge on any atom is -0.491 e. The number of sulfone groups is 1. The van der Waals surface area contributed by atoms with E-state index in [9.17, 15) is 31.1 Å². The second kappa shape index (κ2) is 11.2. The summed E-state index contributed by atoms with van der Waals surface area (Å²) in [5.41, 5.74) is 7.47. The lowest BCUT2D eigenvalue weighted by Crippen LogP contribution is -2.54. The van der Waals surface area contributed by atoms with Crippen molar-refractivity contribution >= 4 is 15.5 Å². The number of aliphatic hydroxyl groups excluding tert-OH is 1. The van der Waals surface area contributed by atoms with Gasteiger partial charge in [0.15, 0.2) is 9.84 Å². The Morgan fingerprint density at radius 1 is 1.11 bits per heavy atom. The number of benzene rings is 2. The number of ether oxygens (including phenoxy) is 1. The minimum absolute atomic E-state index is 0.0229. The van der Waals surface area contributed by atoms with E-state index in [1.165, 1.54) is 6.07 Å². The zero-order valence-corrected chi connectivity index (χ0v) is 21.9. The van der Waals surface area contributed by atoms with E-state index in [1.54, 1.807) is 0 Å². The predicted octanol–water partition coefficient (Wildman–Crippen LogP) is 4.14. The number of alkyl halides is 3. The van der Waals surface area contributed by atoms with Crippen molar-refractivity contribution in [3.8, 4) is 5.75 Å². The van der Waals surface area contributed by atoms with E-state index in [4.69, 9.17) is 10.5 Å². The van der Waals surface area contributed by atoms with Gasteiger partial charge in [0, 0.05) is 18.5 Å². The number of nitrogen functional groups attached to an aromatic ring is 1. The fourth-order valence-corrected chi connectivity index (χ4v) is 6.38. The van der Waals surface area contributed by atoms with Gasteiger partial charge in [-0.05, 0) is 40.7 Å². The molecule has 11 heteroatoms. The Balaban J connectivity index is 1.73. The Morgan fingerprint density at radius 2 is 1.81 bits per heavy atom. The summed E-state index contributed by atoms with van der Waals surface area (Å²) in [4.78, 5) is 0. The van der Waals surface area contributed by atoms with Gasteiger partial charge in [0.25, 0.3) is 0 Å². The zero-order valence-electron chi connectivity index (χ0n) is 21.1. The van der Waals surface area contributed by atoms with Gasteiger partial charge >= 0.3 is 6.18 Å². The molecule has 2 aromatic rings. The lowest BCUT2D eigenvalue weighted by molar-refractivity contribution is -0.139. The summed E-state index contributed by atoms with van der Waals surface area (Å²) in [7, 11) is -3.53. The van der Waals surface area contributed by atoms with Crippen LogP contribution in [0, 0.1) is 11.7 Å². The first-order chi connectivity index (χ1) is 17.0. The molecule has 3 atom stereocenters. The van der Waals surface area contributed by atoms with Gasteiger partial charge in [-0.3, -0.25) is 0 Å². The van der Waals surface area contributed by atoms with E-state index in [-0.39, 0.29) is 34.7 Å². The molecule has 0 bridgehead atoms. The fraction of sp³-hybridized carbons (Fsp3) is 0.538. The number of hydrogen-bond acceptors (Lipinski definition) is 6. The number of halogens is 4. The minimum atomic E-state index is -4.44. The first kappa shape index (κ1) is 29.2. The van der Waals surface area contributed by atoms with Crippen molar-refractivity contribution in [3.05, 3.63) is 58.9 Å². The molecule has 37 heavy (non-hydrogen) atoms. The number of nitrogens with one attached hydrogen (secondary N) is 1. The van der Waals surface area contributed by atoms with Crippen LogP contribution in [0.2, 0.25) is 0 Å². The Labute approximate surface area is 215 Å². The van der Waals surface area contributed by atoms with Crippen molar-refractivity contribution in [2.45, 2.75) is 63.9 Å². The first-order valence-corrected chi connectivity index (χ1v) is 13.8. The van der Waals surface area contributed by atoms with Crippen LogP contribution in [0.5, 0.6) is 5.75 Å². The van der Waals surface area contributed by atoms with E-state index in [2.05, 4.69) is 26.1 Å². The number of anilines is 1. The SMILES string of the molecule is CC(C)(C)c1cccc(CN[C@H]2CS(=O)(=O)C[C@@H](Cc3cc(F)c(N)c(OCCC(F)(F)F)c3)[C@@H]2O)c1. The normalized spacial score (nSPS) is 22.1. The molecule has 0 aromatic heterocycles. The third-order valence-corrected chi connectivity index (χ3v) is 8.25. The molecule has 0 saturated carbocycles. The summed E-state index contributed by atoms with van der Waals surface area (Å²) < 4.78 is 82.1. The third-order valence-electron chi connectivity index (χ3n) is 6.45. The molecule has 0 radical (unpaired) electrons. The predicted molar refractivity (Wildman–Crippen MR) is 135 cm³/mol. The topological polar surface area (TPSA) is 102 Å². The van der Waals surface area contributed by atoms with Crippen molar-refractivity contribution in [3.63, 3.8) is 0 Å². The number of nitrogens with two attached hydrogens (primary N) is 1. The maximum absolute atomic E-state index is 14.4. The van der Waals surface area contributed by atoms with Gasteiger partial charge in [-0.1, -0.05) is 45.0 Å². The molecular weight excluding hydrogens is 512 g/mol. The Morgan fingerprint density at radius 3 is 2.46 bits per heavy atom. The summed E-state index contributed by atoms with van der Waals surface area (Å²) in [5, 5.41) is 14.2. The van der Waals surface area contributed by atoms with Crippen LogP contribution in [-0.2, 0) is 28.2 Å². The van der Waals surface area contributed by atoms with Gasteiger partial charge in [-0.15, -0.1) is 0 Å². The van der Waals surface area contributed by atoms with Gasteiger partial charge in [-0.25, -0.2) is 12.8 Å². The molecule has 0 spiro atoms. The number of aliphatic hydroxyl groups is 1. The molecule has 1 fully saturated rings. The lowest BCUT2D eigenvalue weighted by Gasteiger charge is -2.35. The van der Waals surface area contributed by atoms with Crippen molar-refractivity contribution in [2.24, 2.45) is 5.92 Å². The quantitative estimate of drug-likeness (QED) is 0.340. The highest BCUT2D eigenvalue weighted by Crippen LogP contribution is 2.31. The van der Waals surface area contributed by atoms with E-state index in [1.807, 2.05) is 24.3 Å². The Hall–Kier alpha value is -2.37. The standard InChI is InChI=1S/C26H34F4N2O4S/c1-25(2,3)19-6-4-5-16(10-19)13-32-21-15-37(34,35)14-18(24(21)33)9-17-11-20(27)23(31)22(12-17)36-8-7-26(28,29)30/h4-6,10-12,18,21,24,32-33H,7-9,13-15,31H2,1-3H3/t18-,21+,24+/m1/s1. The molecule has 1 aliphatic rings. The summed E-state index contributed by atoms with van der Waals surface area (Å²) in [6.07, 6.45) is -6.75. The lowest BCUT2D eigenvalue weighted by atomic mass is 9.86. The summed E-state index contributed by atoms with van der Waals surface area (Å²) in [6.45, 7) is 5.89. The van der Waals surface area contributed by atoms with Crippen LogP contribution in [0.25, 0.3) is 0 Å². The van der Waals surface area contributed by atoms with E-state index in [0.29, 0.717) is 6.54 Å². The maximum atomic E-state index is 14.4. The first-order valence-electron chi connectivity index (χ1n) is 12.0. The monoisotopic (exact) mass is 546 g/mol. The Bertz CT molecular complexity index is 1200. The summed E-state index contributed by atoms with van der Waals surface area (Å²) in [5.74, 6) is -2.45. The summed E-state index contributed by atoms with van der Waals surface area (Å²) >= 11 is 0. The van der Waals surface area contributed by atoms with Crippen molar-refractivity contribution in [1.29, 1.82) is 0 Å². The van der Waals surface area contributed by atoms with Gasteiger partial charge in [0.2, 0.25) is 0 Å². The Kier molecular flexibility index (Phi) is 8.81. The van der Waals surface area contributed by atoms with Crippen LogP contribution in [-0.4, -0.2) is 50.0 Å². The molecule has 2 aromatic carbocycles. The van der Waals surface area contributed by atoms with Crippen LogP contribution >= 0.6 is 0 Å². The van der Waals surface area contributed by atoms with Gasteiger partial charge in [0.05, 0.1) is 30.6 Å². The molecule has 3 rings (SSSR count). The van der Waals surface area contributed by atoms with Gasteiger partial charge in [-0.2, -0.15) is 13.2 Å². The zero-order chi connectivity index (χ0) is 27.6. The highest BCUT2D eigenvalue weighted by atomic mass is 32.2. The van der Waals surface area contributed by atoms with E-state index >= 15 is 0 Å². The molecular formula is C26H34F4N2O4S. The molecule has 1 heterocycles. The molecule has 0 unspecified atom stereocenters. The fourth-order valence-electron chi connectivity index (χ4n) is 4.41. The average molecular weight is 547 g/mol. The average Bonchev–Trinajstić information content (AvgIpc) is 2.76. The van der Waals surface area contributed by atoms with E-state index in [0.717, 1.165) is 17.2 Å². The largest absolute Gasteiger partial charge is 0.491 e. The van der Waals surface area contributed by atoms with Crippen LogP contribution in [0.4, 0.5) is 23.2 Å². The van der Waals surface area contributed by atoms with Gasteiger partial charge < -0.3 is 20.9 Å². The molecule has 206 valence electrons. The second-order valence-corrected chi connectivity index (χ2v) is 12.8. The third kappa shape index (κ3) is 8.31. The van der Waals surface area contributed by atoms with Crippen molar-refractivity contribution < 1.29 is 35.8 Å². The summed E-state index contributed by atoms with van der Waals surface area (Å²) in [6, 6.07) is 9.53. The van der Waals surface area contributed by atoms with Crippen LogP contribution in [0.15, 0.2) is 36.4 Å². The van der Waals surface area contributed by atoms with Crippen LogP contribution in [0.3, 0.4) is 0 Å². The maximum Gasteiger partial charge on any atom is 0.392 e. The molecule has 1 saturated heterocycles.